The molecular formula is C17H14FNO5S2. The fourth-order valence-corrected chi connectivity index (χ4v) is 4.80. The van der Waals surface area contributed by atoms with E-state index in [1.165, 1.54) is 0 Å². The summed E-state index contributed by atoms with van der Waals surface area (Å²) in [5, 5.41) is -1.47. The molecule has 6 nitrogen and oxygen atoms in total. The number of rotatable bonds is 4. The highest BCUT2D eigenvalue weighted by Gasteiger charge is 2.33. The van der Waals surface area contributed by atoms with Crippen molar-refractivity contribution in [2.24, 2.45) is 0 Å². The van der Waals surface area contributed by atoms with Gasteiger partial charge in [0.1, 0.15) is 5.82 Å². The third kappa shape index (κ3) is 3.40. The normalized spacial score (nSPS) is 12.3. The van der Waals surface area contributed by atoms with Gasteiger partial charge in [-0.15, -0.1) is 0 Å². The van der Waals surface area contributed by atoms with Crippen LogP contribution in [0.15, 0.2) is 68.0 Å². The highest BCUT2D eigenvalue weighted by Crippen LogP contribution is 2.31. The van der Waals surface area contributed by atoms with E-state index in [0.29, 0.717) is 5.56 Å². The van der Waals surface area contributed by atoms with Crippen LogP contribution >= 0.6 is 0 Å². The zero-order chi connectivity index (χ0) is 19.1. The van der Waals surface area contributed by atoms with Gasteiger partial charge >= 0.3 is 0 Å². The number of aryl methyl sites for hydroxylation is 1. The van der Waals surface area contributed by atoms with Crippen LogP contribution in [0, 0.1) is 12.7 Å². The molecule has 0 radical (unpaired) electrons. The molecule has 1 aromatic heterocycles. The first-order valence-corrected chi connectivity index (χ1v) is 10.7. The Hall–Kier alpha value is -2.52. The van der Waals surface area contributed by atoms with Crippen molar-refractivity contribution in [3.63, 3.8) is 0 Å². The lowest BCUT2D eigenvalue weighted by Gasteiger charge is -2.02. The van der Waals surface area contributed by atoms with Crippen LogP contribution in [0.25, 0.3) is 11.5 Å². The monoisotopic (exact) mass is 395 g/mol. The number of aromatic nitrogens is 1. The Labute approximate surface area is 150 Å². The molecule has 3 rings (SSSR count). The molecule has 136 valence electrons. The second-order valence-electron chi connectivity index (χ2n) is 5.71. The average molecular weight is 395 g/mol. The second kappa shape index (κ2) is 6.33. The standard InChI is InChI=1S/C17H14FNO5S2/c1-11-3-5-12(6-4-11)15-19-16(17(24-15)25(2,20)21)26(22,23)14-9-7-13(18)8-10-14/h3-10H,1-2H3. The maximum atomic E-state index is 13.1. The maximum absolute atomic E-state index is 13.1. The Morgan fingerprint density at radius 1 is 0.923 bits per heavy atom. The van der Waals surface area contributed by atoms with Gasteiger partial charge in [-0.1, -0.05) is 17.7 Å². The number of hydrogen-bond donors (Lipinski definition) is 0. The molecule has 2 aromatic carbocycles. The van der Waals surface area contributed by atoms with Gasteiger partial charge in [0.25, 0.3) is 5.09 Å². The van der Waals surface area contributed by atoms with Crippen molar-refractivity contribution in [1.82, 2.24) is 4.98 Å². The molecule has 0 atom stereocenters. The lowest BCUT2D eigenvalue weighted by molar-refractivity contribution is 0.447. The summed E-state index contributed by atoms with van der Waals surface area (Å²) in [6.45, 7) is 1.87. The van der Waals surface area contributed by atoms with Gasteiger partial charge < -0.3 is 4.42 Å². The van der Waals surface area contributed by atoms with Crippen molar-refractivity contribution in [3.05, 3.63) is 59.9 Å². The van der Waals surface area contributed by atoms with E-state index in [1.54, 1.807) is 24.3 Å². The Morgan fingerprint density at radius 3 is 2.04 bits per heavy atom. The fraction of sp³-hybridized carbons (Fsp3) is 0.118. The molecule has 0 saturated heterocycles. The SMILES string of the molecule is Cc1ccc(-c2nc(S(=O)(=O)c3ccc(F)cc3)c(S(C)(=O)=O)o2)cc1. The molecule has 0 unspecified atom stereocenters. The molecule has 1 heterocycles. The summed E-state index contributed by atoms with van der Waals surface area (Å²) in [6.07, 6.45) is 0.829. The van der Waals surface area contributed by atoms with E-state index in [9.17, 15) is 21.2 Å². The average Bonchev–Trinajstić information content (AvgIpc) is 3.02. The maximum Gasteiger partial charge on any atom is 0.258 e. The lowest BCUT2D eigenvalue weighted by Crippen LogP contribution is -2.08. The largest absolute Gasteiger partial charge is 0.423 e. The summed E-state index contributed by atoms with van der Waals surface area (Å²) < 4.78 is 68.0. The minimum absolute atomic E-state index is 0.133. The minimum atomic E-state index is -4.32. The Morgan fingerprint density at radius 2 is 1.50 bits per heavy atom. The Bertz CT molecular complexity index is 1160. The summed E-state index contributed by atoms with van der Waals surface area (Å²) in [5.74, 6) is -0.751. The number of nitrogens with zero attached hydrogens (tertiary/aromatic N) is 1. The van der Waals surface area contributed by atoms with Crippen molar-refractivity contribution in [2.75, 3.05) is 6.26 Å². The topological polar surface area (TPSA) is 94.3 Å². The Balaban J connectivity index is 2.23. The van der Waals surface area contributed by atoms with Crippen LogP contribution in [0.4, 0.5) is 4.39 Å². The summed E-state index contributed by atoms with van der Waals surface area (Å²) in [5.41, 5.74) is 1.39. The summed E-state index contributed by atoms with van der Waals surface area (Å²) in [7, 11) is -8.33. The molecule has 26 heavy (non-hydrogen) atoms. The first-order chi connectivity index (χ1) is 12.1. The number of benzene rings is 2. The molecule has 0 aliphatic heterocycles. The molecule has 0 aliphatic rings. The van der Waals surface area contributed by atoms with E-state index in [2.05, 4.69) is 4.98 Å². The van der Waals surface area contributed by atoms with Crippen molar-refractivity contribution >= 4 is 19.7 Å². The van der Waals surface area contributed by atoms with E-state index >= 15 is 0 Å². The van der Waals surface area contributed by atoms with Crippen LogP contribution in [0.2, 0.25) is 0 Å². The molecule has 0 spiro atoms. The van der Waals surface area contributed by atoms with E-state index in [0.717, 1.165) is 36.1 Å². The zero-order valence-electron chi connectivity index (χ0n) is 13.8. The molecule has 0 N–H and O–H groups in total. The summed E-state index contributed by atoms with van der Waals surface area (Å²) in [4.78, 5) is 3.63. The van der Waals surface area contributed by atoms with Gasteiger partial charge in [-0.05, 0) is 43.3 Å². The van der Waals surface area contributed by atoms with Gasteiger partial charge in [-0.25, -0.2) is 21.2 Å². The highest BCUT2D eigenvalue weighted by molar-refractivity contribution is 7.94. The molecule has 3 aromatic rings. The van der Waals surface area contributed by atoms with E-state index < -0.39 is 35.6 Å². The van der Waals surface area contributed by atoms with Gasteiger partial charge in [0.2, 0.25) is 30.6 Å². The summed E-state index contributed by atoms with van der Waals surface area (Å²) in [6, 6.07) is 10.8. The second-order valence-corrected chi connectivity index (χ2v) is 9.49. The fourth-order valence-electron chi connectivity index (χ4n) is 2.24. The molecular weight excluding hydrogens is 381 g/mol. The molecule has 0 aliphatic carbocycles. The number of oxazole rings is 1. The molecule has 9 heteroatoms. The first-order valence-electron chi connectivity index (χ1n) is 7.37. The minimum Gasteiger partial charge on any atom is -0.423 e. The number of hydrogen-bond acceptors (Lipinski definition) is 6. The zero-order valence-corrected chi connectivity index (χ0v) is 15.4. The van der Waals surface area contributed by atoms with Crippen LogP contribution < -0.4 is 0 Å². The smallest absolute Gasteiger partial charge is 0.258 e. The number of sulfone groups is 2. The third-order valence-corrected chi connectivity index (χ3v) is 6.34. The van der Waals surface area contributed by atoms with Crippen LogP contribution in [0.5, 0.6) is 0 Å². The van der Waals surface area contributed by atoms with Crippen molar-refractivity contribution in [1.29, 1.82) is 0 Å². The van der Waals surface area contributed by atoms with Crippen LogP contribution in [-0.4, -0.2) is 28.1 Å². The quantitative estimate of drug-likeness (QED) is 0.630. The van der Waals surface area contributed by atoms with Gasteiger partial charge in [0.05, 0.1) is 4.90 Å². The third-order valence-electron chi connectivity index (χ3n) is 3.58. The predicted molar refractivity (Wildman–Crippen MR) is 91.6 cm³/mol. The van der Waals surface area contributed by atoms with Crippen molar-refractivity contribution < 1.29 is 25.6 Å². The molecule has 0 saturated carbocycles. The van der Waals surface area contributed by atoms with Crippen LogP contribution in [0.3, 0.4) is 0 Å². The Kier molecular flexibility index (Phi) is 4.45. The first kappa shape index (κ1) is 18.3. The van der Waals surface area contributed by atoms with E-state index in [-0.39, 0.29) is 10.8 Å². The predicted octanol–water partition coefficient (Wildman–Crippen LogP) is 3.03. The van der Waals surface area contributed by atoms with E-state index in [1.807, 2.05) is 6.92 Å². The molecule has 0 bridgehead atoms. The van der Waals surface area contributed by atoms with Crippen molar-refractivity contribution in [2.45, 2.75) is 21.9 Å². The summed E-state index contributed by atoms with van der Waals surface area (Å²) >= 11 is 0. The highest BCUT2D eigenvalue weighted by atomic mass is 32.2. The van der Waals surface area contributed by atoms with Crippen LogP contribution in [0.1, 0.15) is 5.56 Å². The van der Waals surface area contributed by atoms with Gasteiger partial charge in [-0.3, -0.25) is 0 Å². The lowest BCUT2D eigenvalue weighted by atomic mass is 10.1. The van der Waals surface area contributed by atoms with Crippen LogP contribution in [-0.2, 0) is 19.7 Å². The number of halogens is 1. The van der Waals surface area contributed by atoms with Gasteiger partial charge in [0.15, 0.2) is 0 Å². The van der Waals surface area contributed by atoms with Gasteiger partial charge in [-0.2, -0.15) is 4.98 Å². The van der Waals surface area contributed by atoms with E-state index in [4.69, 9.17) is 4.42 Å². The van der Waals surface area contributed by atoms with Crippen molar-refractivity contribution in [3.8, 4) is 11.5 Å². The van der Waals surface area contributed by atoms with Gasteiger partial charge in [0, 0.05) is 11.8 Å². The molecule has 0 amide bonds. The molecule has 0 fully saturated rings.